The minimum Gasteiger partial charge on any atom is -0.377 e. The second kappa shape index (κ2) is 7.64. The van der Waals surface area contributed by atoms with Crippen LogP contribution in [0.3, 0.4) is 0 Å². The molecular weight excluding hydrogens is 364 g/mol. The zero-order valence-corrected chi connectivity index (χ0v) is 16.3. The van der Waals surface area contributed by atoms with E-state index >= 15 is 0 Å². The molecule has 7 heteroatoms. The number of hydrogen-bond donors (Lipinski definition) is 1. The van der Waals surface area contributed by atoms with E-state index in [1.807, 2.05) is 38.1 Å². The highest BCUT2D eigenvalue weighted by atomic mass is 32.2. The normalized spacial score (nSPS) is 11.7. The SMILES string of the molecule is CCOCc1ccccc1-c1cccc(-c2noc(C)c2C)c1S(N)(=O)=O. The van der Waals surface area contributed by atoms with Crippen molar-refractivity contribution in [3.05, 3.63) is 59.4 Å². The summed E-state index contributed by atoms with van der Waals surface area (Å²) in [5.74, 6) is 0.632. The molecule has 3 aromatic rings. The Morgan fingerprint density at radius 1 is 1.04 bits per heavy atom. The van der Waals surface area contributed by atoms with E-state index in [0.717, 1.165) is 16.7 Å². The Balaban J connectivity index is 2.30. The van der Waals surface area contributed by atoms with Gasteiger partial charge in [-0.15, -0.1) is 0 Å². The van der Waals surface area contributed by atoms with Gasteiger partial charge in [-0.3, -0.25) is 0 Å². The van der Waals surface area contributed by atoms with Crippen molar-refractivity contribution in [1.82, 2.24) is 5.16 Å². The van der Waals surface area contributed by atoms with E-state index in [-0.39, 0.29) is 4.90 Å². The molecule has 2 N–H and O–H groups in total. The Morgan fingerprint density at radius 2 is 1.70 bits per heavy atom. The highest BCUT2D eigenvalue weighted by molar-refractivity contribution is 7.89. The van der Waals surface area contributed by atoms with Gasteiger partial charge in [-0.25, -0.2) is 13.6 Å². The molecule has 0 aliphatic heterocycles. The maximum absolute atomic E-state index is 12.6. The fourth-order valence-corrected chi connectivity index (χ4v) is 3.99. The fourth-order valence-electron chi connectivity index (χ4n) is 3.03. The van der Waals surface area contributed by atoms with Gasteiger partial charge in [0.1, 0.15) is 11.5 Å². The summed E-state index contributed by atoms with van der Waals surface area (Å²) in [6.45, 7) is 6.47. The van der Waals surface area contributed by atoms with Gasteiger partial charge in [0.2, 0.25) is 10.0 Å². The monoisotopic (exact) mass is 386 g/mol. The second-order valence-corrected chi connectivity index (χ2v) is 7.73. The molecule has 1 heterocycles. The molecule has 3 rings (SSSR count). The zero-order chi connectivity index (χ0) is 19.6. The summed E-state index contributed by atoms with van der Waals surface area (Å²) in [5, 5.41) is 9.67. The van der Waals surface area contributed by atoms with Crippen LogP contribution < -0.4 is 5.14 Å². The van der Waals surface area contributed by atoms with Crippen molar-refractivity contribution in [1.29, 1.82) is 0 Å². The molecule has 0 radical (unpaired) electrons. The number of aryl methyl sites for hydroxylation is 1. The molecule has 0 atom stereocenters. The lowest BCUT2D eigenvalue weighted by Gasteiger charge is -2.15. The van der Waals surface area contributed by atoms with Crippen LogP contribution in [0, 0.1) is 13.8 Å². The quantitative estimate of drug-likeness (QED) is 0.695. The molecule has 0 bridgehead atoms. The molecule has 0 saturated heterocycles. The number of primary sulfonamides is 1. The number of hydrogen-bond acceptors (Lipinski definition) is 5. The summed E-state index contributed by atoms with van der Waals surface area (Å²) < 4.78 is 35.9. The number of rotatable bonds is 6. The van der Waals surface area contributed by atoms with Gasteiger partial charge in [-0.2, -0.15) is 0 Å². The third-order valence-electron chi connectivity index (χ3n) is 4.48. The van der Waals surface area contributed by atoms with Gasteiger partial charge in [-0.05, 0) is 31.9 Å². The van der Waals surface area contributed by atoms with Gasteiger partial charge < -0.3 is 9.26 Å². The van der Waals surface area contributed by atoms with Gasteiger partial charge >= 0.3 is 0 Å². The molecule has 2 aromatic carbocycles. The number of benzene rings is 2. The number of nitrogens with two attached hydrogens (primary N) is 1. The zero-order valence-electron chi connectivity index (χ0n) is 15.5. The highest BCUT2D eigenvalue weighted by Gasteiger charge is 2.25. The van der Waals surface area contributed by atoms with E-state index in [1.54, 1.807) is 25.1 Å². The number of sulfonamides is 1. The number of nitrogens with zero attached hydrogens (tertiary/aromatic N) is 1. The fraction of sp³-hybridized carbons (Fsp3) is 0.250. The predicted molar refractivity (Wildman–Crippen MR) is 104 cm³/mol. The lowest BCUT2D eigenvalue weighted by Crippen LogP contribution is -2.15. The third-order valence-corrected chi connectivity index (χ3v) is 5.49. The first-order chi connectivity index (χ1) is 12.8. The lowest BCUT2D eigenvalue weighted by molar-refractivity contribution is 0.134. The Morgan fingerprint density at radius 3 is 2.33 bits per heavy atom. The average molecular weight is 386 g/mol. The molecule has 0 unspecified atom stereocenters. The van der Waals surface area contributed by atoms with Crippen molar-refractivity contribution in [3.63, 3.8) is 0 Å². The summed E-state index contributed by atoms with van der Waals surface area (Å²) in [4.78, 5) is 0.0327. The lowest BCUT2D eigenvalue weighted by atomic mass is 9.96. The minimum absolute atomic E-state index is 0.0327. The molecule has 27 heavy (non-hydrogen) atoms. The largest absolute Gasteiger partial charge is 0.377 e. The van der Waals surface area contributed by atoms with E-state index in [0.29, 0.717) is 35.8 Å². The van der Waals surface area contributed by atoms with Crippen LogP contribution in [0.4, 0.5) is 0 Å². The van der Waals surface area contributed by atoms with Crippen molar-refractivity contribution in [2.24, 2.45) is 5.14 Å². The van der Waals surface area contributed by atoms with Crippen LogP contribution in [0.5, 0.6) is 0 Å². The summed E-state index contributed by atoms with van der Waals surface area (Å²) >= 11 is 0. The average Bonchev–Trinajstić information content (AvgIpc) is 2.97. The summed E-state index contributed by atoms with van der Waals surface area (Å²) in [5.41, 5.74) is 3.84. The van der Waals surface area contributed by atoms with Crippen LogP contribution in [-0.4, -0.2) is 20.2 Å². The van der Waals surface area contributed by atoms with E-state index < -0.39 is 10.0 Å². The van der Waals surface area contributed by atoms with Crippen LogP contribution in [0.2, 0.25) is 0 Å². The van der Waals surface area contributed by atoms with Crippen molar-refractivity contribution in [3.8, 4) is 22.4 Å². The van der Waals surface area contributed by atoms with Crippen LogP contribution in [0.25, 0.3) is 22.4 Å². The van der Waals surface area contributed by atoms with Gasteiger partial charge in [0, 0.05) is 23.3 Å². The standard InChI is InChI=1S/C20H22N2O4S/c1-4-25-12-15-8-5-6-9-16(15)17-10-7-11-18(20(17)27(21,23)24)19-13(2)14(3)26-22-19/h5-11H,4,12H2,1-3H3,(H2,21,23,24). The van der Waals surface area contributed by atoms with Crippen molar-refractivity contribution in [2.45, 2.75) is 32.3 Å². The van der Waals surface area contributed by atoms with Crippen LogP contribution in [0.1, 0.15) is 23.8 Å². The second-order valence-electron chi connectivity index (χ2n) is 6.23. The number of aromatic nitrogens is 1. The molecule has 0 aliphatic rings. The molecule has 0 amide bonds. The molecule has 142 valence electrons. The van der Waals surface area contributed by atoms with E-state index in [1.165, 1.54) is 0 Å². The van der Waals surface area contributed by atoms with Crippen LogP contribution in [-0.2, 0) is 21.4 Å². The third kappa shape index (κ3) is 3.80. The Bertz CT molecular complexity index is 1070. The van der Waals surface area contributed by atoms with E-state index in [4.69, 9.17) is 14.4 Å². The molecule has 0 spiro atoms. The van der Waals surface area contributed by atoms with Crippen LogP contribution >= 0.6 is 0 Å². The summed E-state index contributed by atoms with van der Waals surface area (Å²) in [7, 11) is -4.03. The summed E-state index contributed by atoms with van der Waals surface area (Å²) in [6.07, 6.45) is 0. The molecule has 0 saturated carbocycles. The first-order valence-corrected chi connectivity index (χ1v) is 10.1. The Kier molecular flexibility index (Phi) is 5.46. The van der Waals surface area contributed by atoms with Crippen LogP contribution in [0.15, 0.2) is 51.9 Å². The van der Waals surface area contributed by atoms with E-state index in [9.17, 15) is 8.42 Å². The van der Waals surface area contributed by atoms with Crippen molar-refractivity contribution in [2.75, 3.05) is 6.61 Å². The van der Waals surface area contributed by atoms with Gasteiger partial charge in [-0.1, -0.05) is 47.6 Å². The molecular formula is C20H22N2O4S. The molecule has 0 fully saturated rings. The first kappa shape index (κ1) is 19.3. The Hall–Kier alpha value is -2.48. The van der Waals surface area contributed by atoms with Crippen molar-refractivity contribution >= 4 is 10.0 Å². The number of ether oxygens (including phenoxy) is 1. The minimum atomic E-state index is -4.03. The summed E-state index contributed by atoms with van der Waals surface area (Å²) in [6, 6.07) is 12.8. The molecule has 0 aliphatic carbocycles. The smallest absolute Gasteiger partial charge is 0.239 e. The predicted octanol–water partition coefficient (Wildman–Crippen LogP) is 3.81. The molecule has 1 aromatic heterocycles. The topological polar surface area (TPSA) is 95.4 Å². The molecule has 6 nitrogen and oxygen atoms in total. The van der Waals surface area contributed by atoms with Gasteiger partial charge in [0.05, 0.1) is 11.5 Å². The maximum atomic E-state index is 12.6. The first-order valence-electron chi connectivity index (χ1n) is 8.59. The maximum Gasteiger partial charge on any atom is 0.239 e. The van der Waals surface area contributed by atoms with Crippen molar-refractivity contribution < 1.29 is 17.7 Å². The van der Waals surface area contributed by atoms with Gasteiger partial charge in [0.25, 0.3) is 0 Å². The van der Waals surface area contributed by atoms with E-state index in [2.05, 4.69) is 5.16 Å². The van der Waals surface area contributed by atoms with Gasteiger partial charge in [0.15, 0.2) is 0 Å². The highest BCUT2D eigenvalue weighted by Crippen LogP contribution is 2.37. The Labute approximate surface area is 159 Å².